The van der Waals surface area contributed by atoms with Crippen LogP contribution in [-0.4, -0.2) is 32.7 Å². The van der Waals surface area contributed by atoms with Crippen LogP contribution in [0.1, 0.15) is 23.3 Å². The molecule has 1 amide bonds. The van der Waals surface area contributed by atoms with E-state index in [-0.39, 0.29) is 18.5 Å². The average Bonchev–Trinajstić information content (AvgIpc) is 3.17. The van der Waals surface area contributed by atoms with Gasteiger partial charge in [-0.1, -0.05) is 12.1 Å². The van der Waals surface area contributed by atoms with Crippen LogP contribution in [0.4, 0.5) is 0 Å². The van der Waals surface area contributed by atoms with Crippen LogP contribution in [0.2, 0.25) is 0 Å². The highest BCUT2D eigenvalue weighted by molar-refractivity contribution is 7.09. The van der Waals surface area contributed by atoms with E-state index in [1.807, 2.05) is 23.6 Å². The molecule has 26 heavy (non-hydrogen) atoms. The van der Waals surface area contributed by atoms with Crippen molar-refractivity contribution in [1.82, 2.24) is 5.32 Å². The third-order valence-electron chi connectivity index (χ3n) is 3.69. The highest BCUT2D eigenvalue weighted by Gasteiger charge is 2.09. The van der Waals surface area contributed by atoms with Gasteiger partial charge in [-0.25, -0.2) is 0 Å². The minimum absolute atomic E-state index is 0.273. The molecule has 0 radical (unpaired) electrons. The highest BCUT2D eigenvalue weighted by atomic mass is 32.1. The molecule has 7 heteroatoms. The molecule has 0 aliphatic carbocycles. The number of benzene rings is 1. The number of carbonyl (C=O) groups excluding carboxylic acids is 2. The molecule has 1 heterocycles. The van der Waals surface area contributed by atoms with Gasteiger partial charge in [0.25, 0.3) is 5.91 Å². The average molecular weight is 377 g/mol. The minimum atomic E-state index is -0.358. The van der Waals surface area contributed by atoms with E-state index in [1.54, 1.807) is 37.7 Å². The molecule has 0 aliphatic heterocycles. The normalized spacial score (nSPS) is 10.2. The minimum Gasteiger partial charge on any atom is -0.493 e. The van der Waals surface area contributed by atoms with Crippen molar-refractivity contribution in [3.63, 3.8) is 0 Å². The van der Waals surface area contributed by atoms with Crippen LogP contribution in [0.5, 0.6) is 11.5 Å². The molecule has 1 N–H and O–H groups in total. The first-order chi connectivity index (χ1) is 12.6. The van der Waals surface area contributed by atoms with Crippen LogP contribution in [0.25, 0.3) is 0 Å². The molecule has 0 saturated heterocycles. The summed E-state index contributed by atoms with van der Waals surface area (Å²) < 4.78 is 15.4. The van der Waals surface area contributed by atoms with Crippen molar-refractivity contribution in [1.29, 1.82) is 0 Å². The zero-order chi connectivity index (χ0) is 18.8. The lowest BCUT2D eigenvalue weighted by Crippen LogP contribution is -2.28. The number of nitrogens with one attached hydrogen (secondary N) is 1. The van der Waals surface area contributed by atoms with Gasteiger partial charge in [0.2, 0.25) is 0 Å². The molecule has 6 nitrogen and oxygen atoms in total. The van der Waals surface area contributed by atoms with E-state index >= 15 is 0 Å². The van der Waals surface area contributed by atoms with Crippen molar-refractivity contribution >= 4 is 23.2 Å². The fraction of sp³-hybridized carbons (Fsp3) is 0.368. The van der Waals surface area contributed by atoms with Gasteiger partial charge in [-0.3, -0.25) is 9.59 Å². The van der Waals surface area contributed by atoms with Gasteiger partial charge in [0.05, 0.1) is 14.2 Å². The maximum atomic E-state index is 11.8. The van der Waals surface area contributed by atoms with Crippen LogP contribution < -0.4 is 14.8 Å². The summed E-state index contributed by atoms with van der Waals surface area (Å²) in [6.07, 6.45) is 1.87. The van der Waals surface area contributed by atoms with Crippen LogP contribution >= 0.6 is 11.3 Å². The van der Waals surface area contributed by atoms with Crippen molar-refractivity contribution in [3.05, 3.63) is 46.2 Å². The molecule has 0 atom stereocenters. The fourth-order valence-corrected chi connectivity index (χ4v) is 3.07. The Morgan fingerprint density at radius 3 is 2.62 bits per heavy atom. The van der Waals surface area contributed by atoms with Crippen molar-refractivity contribution in [2.75, 3.05) is 20.8 Å². The Morgan fingerprint density at radius 2 is 1.92 bits per heavy atom. The number of methoxy groups -OCH3 is 2. The number of hydrogen-bond acceptors (Lipinski definition) is 6. The molecule has 0 spiro atoms. The fourth-order valence-electron chi connectivity index (χ4n) is 2.32. The molecule has 1 aromatic heterocycles. The Bertz CT molecular complexity index is 715. The van der Waals surface area contributed by atoms with E-state index in [0.717, 1.165) is 12.0 Å². The van der Waals surface area contributed by atoms with Gasteiger partial charge >= 0.3 is 5.97 Å². The quantitative estimate of drug-likeness (QED) is 0.645. The van der Waals surface area contributed by atoms with E-state index in [2.05, 4.69) is 5.32 Å². The number of amides is 1. The van der Waals surface area contributed by atoms with Gasteiger partial charge in [0.15, 0.2) is 18.1 Å². The second-order valence-corrected chi connectivity index (χ2v) is 6.59. The van der Waals surface area contributed by atoms with E-state index in [0.29, 0.717) is 30.9 Å². The summed E-state index contributed by atoms with van der Waals surface area (Å²) in [5.41, 5.74) is 0.860. The van der Waals surface area contributed by atoms with Gasteiger partial charge in [-0.15, -0.1) is 11.3 Å². The SMILES string of the molecule is COc1ccc(CNC(=O)COC(=O)CCCc2cccs2)cc1OC. The Hall–Kier alpha value is -2.54. The van der Waals surface area contributed by atoms with Gasteiger partial charge in [0, 0.05) is 17.8 Å². The smallest absolute Gasteiger partial charge is 0.306 e. The van der Waals surface area contributed by atoms with Crippen molar-refractivity contribution in [2.45, 2.75) is 25.8 Å². The third-order valence-corrected chi connectivity index (χ3v) is 4.62. The Morgan fingerprint density at radius 1 is 1.12 bits per heavy atom. The third kappa shape index (κ3) is 6.40. The largest absolute Gasteiger partial charge is 0.493 e. The number of carbonyl (C=O) groups is 2. The molecule has 0 fully saturated rings. The Kier molecular flexibility index (Phi) is 7.95. The van der Waals surface area contributed by atoms with Crippen molar-refractivity contribution in [3.8, 4) is 11.5 Å². The molecular weight excluding hydrogens is 354 g/mol. The number of thiophene rings is 1. The molecule has 1 aromatic carbocycles. The maximum Gasteiger partial charge on any atom is 0.306 e. The van der Waals surface area contributed by atoms with Gasteiger partial charge < -0.3 is 19.5 Å². The summed E-state index contributed by atoms with van der Waals surface area (Å²) in [4.78, 5) is 24.7. The summed E-state index contributed by atoms with van der Waals surface area (Å²) in [7, 11) is 3.12. The van der Waals surface area contributed by atoms with E-state index in [1.165, 1.54) is 4.88 Å². The first-order valence-electron chi connectivity index (χ1n) is 8.28. The predicted molar refractivity (Wildman–Crippen MR) is 99.6 cm³/mol. The standard InChI is InChI=1S/C19H23NO5S/c1-23-16-9-8-14(11-17(16)24-2)12-20-18(21)13-25-19(22)7-3-5-15-6-4-10-26-15/h4,6,8-11H,3,5,7,12-13H2,1-2H3,(H,20,21). The molecule has 0 bridgehead atoms. The lowest BCUT2D eigenvalue weighted by Gasteiger charge is -2.10. The predicted octanol–water partition coefficient (Wildman–Crippen LogP) is 2.95. The summed E-state index contributed by atoms with van der Waals surface area (Å²) in [6, 6.07) is 9.42. The first-order valence-corrected chi connectivity index (χ1v) is 9.16. The molecular formula is C19H23NO5S. The molecule has 140 valence electrons. The summed E-state index contributed by atoms with van der Waals surface area (Å²) in [6.45, 7) is 0.0419. The van der Waals surface area contributed by atoms with E-state index < -0.39 is 0 Å². The van der Waals surface area contributed by atoms with Gasteiger partial charge in [-0.2, -0.15) is 0 Å². The monoisotopic (exact) mass is 377 g/mol. The summed E-state index contributed by atoms with van der Waals surface area (Å²) in [5.74, 6) is 0.518. The second-order valence-electron chi connectivity index (χ2n) is 5.56. The summed E-state index contributed by atoms with van der Waals surface area (Å²) >= 11 is 1.67. The molecule has 2 aromatic rings. The Labute approximate surface area is 157 Å². The van der Waals surface area contributed by atoms with E-state index in [9.17, 15) is 9.59 Å². The lowest BCUT2D eigenvalue weighted by molar-refractivity contribution is -0.148. The van der Waals surface area contributed by atoms with Crippen molar-refractivity contribution in [2.24, 2.45) is 0 Å². The number of hydrogen-bond donors (Lipinski definition) is 1. The number of ether oxygens (including phenoxy) is 3. The first kappa shape index (κ1) is 19.8. The van der Waals surface area contributed by atoms with Crippen molar-refractivity contribution < 1.29 is 23.8 Å². The molecule has 0 aliphatic rings. The number of rotatable bonds is 10. The zero-order valence-electron chi connectivity index (χ0n) is 14.9. The number of aryl methyl sites for hydroxylation is 1. The van der Waals surface area contributed by atoms with Crippen LogP contribution in [-0.2, 0) is 27.3 Å². The maximum absolute atomic E-state index is 11.8. The zero-order valence-corrected chi connectivity index (χ0v) is 15.8. The Balaban J connectivity index is 1.66. The number of esters is 1. The van der Waals surface area contributed by atoms with Crippen LogP contribution in [0.15, 0.2) is 35.7 Å². The summed E-state index contributed by atoms with van der Waals surface area (Å²) in [5, 5.41) is 4.72. The lowest BCUT2D eigenvalue weighted by atomic mass is 10.2. The molecule has 0 unspecified atom stereocenters. The van der Waals surface area contributed by atoms with Gasteiger partial charge in [0.1, 0.15) is 0 Å². The molecule has 2 rings (SSSR count). The van der Waals surface area contributed by atoms with E-state index in [4.69, 9.17) is 14.2 Å². The van der Waals surface area contributed by atoms with Crippen LogP contribution in [0, 0.1) is 0 Å². The van der Waals surface area contributed by atoms with Gasteiger partial charge in [-0.05, 0) is 42.0 Å². The van der Waals surface area contributed by atoms with Crippen LogP contribution in [0.3, 0.4) is 0 Å². The highest BCUT2D eigenvalue weighted by Crippen LogP contribution is 2.27. The molecule has 0 saturated carbocycles. The second kappa shape index (κ2) is 10.5. The topological polar surface area (TPSA) is 73.9 Å².